The molecule has 2 aliphatic rings. The van der Waals surface area contributed by atoms with E-state index in [9.17, 15) is 14.4 Å². The molecule has 0 aliphatic carbocycles. The highest BCUT2D eigenvalue weighted by atomic mass is 32.1. The summed E-state index contributed by atoms with van der Waals surface area (Å²) < 4.78 is 16.3. The van der Waals surface area contributed by atoms with Gasteiger partial charge in [0, 0.05) is 29.1 Å². The molecule has 1 aromatic carbocycles. The Balaban J connectivity index is 1.36. The van der Waals surface area contributed by atoms with Gasteiger partial charge in [-0.25, -0.2) is 4.79 Å². The molecule has 164 valence electrons. The smallest absolute Gasteiger partial charge is 0.349 e. The van der Waals surface area contributed by atoms with Crippen molar-refractivity contribution < 1.29 is 28.6 Å². The second-order valence-corrected chi connectivity index (χ2v) is 8.70. The molecule has 7 nitrogen and oxygen atoms in total. The first-order valence-electron chi connectivity index (χ1n) is 10.5. The highest BCUT2D eigenvalue weighted by Crippen LogP contribution is 2.42. The molecule has 4 rings (SSSR count). The van der Waals surface area contributed by atoms with Crippen LogP contribution in [0.15, 0.2) is 30.3 Å². The molecule has 1 amide bonds. The van der Waals surface area contributed by atoms with Gasteiger partial charge in [-0.05, 0) is 44.9 Å². The molecule has 1 aromatic heterocycles. The first kappa shape index (κ1) is 21.4. The third kappa shape index (κ3) is 4.44. The van der Waals surface area contributed by atoms with Gasteiger partial charge in [0.05, 0.1) is 12.5 Å². The van der Waals surface area contributed by atoms with Gasteiger partial charge >= 0.3 is 11.9 Å². The number of para-hydroxylation sites is 1. The molecule has 1 fully saturated rings. The molecule has 0 bridgehead atoms. The molecule has 2 aliphatic heterocycles. The first-order valence-corrected chi connectivity index (χ1v) is 11.3. The molecule has 8 heteroatoms. The molecule has 0 spiro atoms. The van der Waals surface area contributed by atoms with E-state index in [-0.39, 0.29) is 17.8 Å². The van der Waals surface area contributed by atoms with E-state index in [0.29, 0.717) is 44.0 Å². The Hall–Kier alpha value is -2.87. The van der Waals surface area contributed by atoms with Crippen LogP contribution < -0.4 is 4.74 Å². The number of rotatable bonds is 5. The fourth-order valence-corrected chi connectivity index (χ4v) is 5.00. The molecule has 2 aromatic rings. The van der Waals surface area contributed by atoms with Crippen molar-refractivity contribution in [2.75, 3.05) is 19.7 Å². The van der Waals surface area contributed by atoms with Gasteiger partial charge in [-0.2, -0.15) is 0 Å². The minimum atomic E-state index is -0.894. The second kappa shape index (κ2) is 9.09. The van der Waals surface area contributed by atoms with Crippen LogP contribution in [0, 0.1) is 5.92 Å². The predicted molar refractivity (Wildman–Crippen MR) is 115 cm³/mol. The fraction of sp³-hybridized carbons (Fsp3) is 0.435. The molecule has 1 saturated heterocycles. The summed E-state index contributed by atoms with van der Waals surface area (Å²) in [5.74, 6) is -0.345. The zero-order valence-corrected chi connectivity index (χ0v) is 18.4. The van der Waals surface area contributed by atoms with Crippen LogP contribution in [0.25, 0.3) is 10.4 Å². The summed E-state index contributed by atoms with van der Waals surface area (Å²) in [5, 5.41) is 0. The Labute approximate surface area is 184 Å². The lowest BCUT2D eigenvalue weighted by Crippen LogP contribution is -2.45. The number of piperidine rings is 1. The zero-order valence-electron chi connectivity index (χ0n) is 17.6. The van der Waals surface area contributed by atoms with Crippen molar-refractivity contribution in [2.45, 2.75) is 39.4 Å². The van der Waals surface area contributed by atoms with E-state index in [0.717, 1.165) is 21.8 Å². The van der Waals surface area contributed by atoms with Crippen LogP contribution in [0.2, 0.25) is 0 Å². The number of carbonyl (C=O) groups excluding carboxylic acids is 3. The molecular formula is C23H25NO6S. The minimum Gasteiger partial charge on any atom is -0.488 e. The summed E-state index contributed by atoms with van der Waals surface area (Å²) in [6, 6.07) is 9.49. The summed E-state index contributed by atoms with van der Waals surface area (Å²) in [6.07, 6.45) is 0.222. The average molecular weight is 444 g/mol. The van der Waals surface area contributed by atoms with Gasteiger partial charge in [0.15, 0.2) is 6.10 Å². The van der Waals surface area contributed by atoms with E-state index < -0.39 is 12.1 Å². The molecule has 3 heterocycles. The average Bonchev–Trinajstić information content (AvgIpc) is 3.24. The van der Waals surface area contributed by atoms with Crippen molar-refractivity contribution in [3.63, 3.8) is 0 Å². The number of esters is 2. The lowest BCUT2D eigenvalue weighted by atomic mass is 9.97. The summed E-state index contributed by atoms with van der Waals surface area (Å²) in [5.41, 5.74) is 1.90. The molecule has 0 saturated carbocycles. The molecule has 0 N–H and O–H groups in total. The normalized spacial score (nSPS) is 16.5. The van der Waals surface area contributed by atoms with Crippen molar-refractivity contribution in [1.82, 2.24) is 4.90 Å². The number of nitrogens with zero attached hydrogens (tertiary/aromatic N) is 1. The lowest BCUT2D eigenvalue weighted by molar-refractivity contribution is -0.152. The Morgan fingerprint density at radius 2 is 1.97 bits per heavy atom. The highest BCUT2D eigenvalue weighted by molar-refractivity contribution is 7.17. The van der Waals surface area contributed by atoms with Gasteiger partial charge in [0.2, 0.25) is 0 Å². The Morgan fingerprint density at radius 1 is 1.23 bits per heavy atom. The van der Waals surface area contributed by atoms with Crippen molar-refractivity contribution >= 4 is 29.2 Å². The van der Waals surface area contributed by atoms with Crippen molar-refractivity contribution in [2.24, 2.45) is 5.92 Å². The van der Waals surface area contributed by atoms with E-state index in [4.69, 9.17) is 14.2 Å². The molecular weight excluding hydrogens is 418 g/mol. The van der Waals surface area contributed by atoms with Crippen LogP contribution in [0.1, 0.15) is 41.9 Å². The molecule has 0 unspecified atom stereocenters. The van der Waals surface area contributed by atoms with E-state index >= 15 is 0 Å². The van der Waals surface area contributed by atoms with Crippen molar-refractivity contribution in [3.8, 4) is 16.2 Å². The number of amides is 1. The van der Waals surface area contributed by atoms with Crippen LogP contribution in [-0.2, 0) is 25.7 Å². The molecule has 31 heavy (non-hydrogen) atoms. The fourth-order valence-electron chi connectivity index (χ4n) is 3.92. The largest absolute Gasteiger partial charge is 0.488 e. The highest BCUT2D eigenvalue weighted by Gasteiger charge is 2.32. The number of ether oxygens (including phenoxy) is 3. The zero-order chi connectivity index (χ0) is 22.0. The lowest BCUT2D eigenvalue weighted by Gasteiger charge is -2.32. The molecule has 0 radical (unpaired) electrons. The van der Waals surface area contributed by atoms with Crippen LogP contribution >= 0.6 is 11.3 Å². The van der Waals surface area contributed by atoms with Gasteiger partial charge in [-0.3, -0.25) is 9.59 Å². The van der Waals surface area contributed by atoms with Crippen LogP contribution in [0.3, 0.4) is 0 Å². The topological polar surface area (TPSA) is 82.1 Å². The van der Waals surface area contributed by atoms with Crippen LogP contribution in [-0.4, -0.2) is 48.5 Å². The number of hydrogen-bond acceptors (Lipinski definition) is 7. The Bertz CT molecular complexity index is 992. The summed E-state index contributed by atoms with van der Waals surface area (Å²) >= 11 is 1.35. The second-order valence-electron chi connectivity index (χ2n) is 7.65. The number of thiophene rings is 1. The molecule has 1 atom stereocenters. The Morgan fingerprint density at radius 3 is 2.71 bits per heavy atom. The maximum atomic E-state index is 12.7. The summed E-state index contributed by atoms with van der Waals surface area (Å²) in [6.45, 7) is 5.03. The minimum absolute atomic E-state index is 0.176. The van der Waals surface area contributed by atoms with Gasteiger partial charge in [-0.15, -0.1) is 11.3 Å². The summed E-state index contributed by atoms with van der Waals surface area (Å²) in [7, 11) is 0. The van der Waals surface area contributed by atoms with Gasteiger partial charge < -0.3 is 19.1 Å². The van der Waals surface area contributed by atoms with Gasteiger partial charge in [-0.1, -0.05) is 12.1 Å². The predicted octanol–water partition coefficient (Wildman–Crippen LogP) is 3.65. The summed E-state index contributed by atoms with van der Waals surface area (Å²) in [4.78, 5) is 40.4. The van der Waals surface area contributed by atoms with Gasteiger partial charge in [0.1, 0.15) is 17.2 Å². The van der Waals surface area contributed by atoms with Crippen molar-refractivity contribution in [1.29, 1.82) is 0 Å². The van der Waals surface area contributed by atoms with E-state index in [2.05, 4.69) is 0 Å². The van der Waals surface area contributed by atoms with Crippen molar-refractivity contribution in [3.05, 3.63) is 40.8 Å². The third-order valence-electron chi connectivity index (χ3n) is 5.58. The Kier molecular flexibility index (Phi) is 6.27. The van der Waals surface area contributed by atoms with Crippen LogP contribution in [0.4, 0.5) is 0 Å². The van der Waals surface area contributed by atoms with Gasteiger partial charge in [0.25, 0.3) is 5.91 Å². The third-order valence-corrected chi connectivity index (χ3v) is 6.77. The van der Waals surface area contributed by atoms with E-state index in [1.54, 1.807) is 24.8 Å². The SMILES string of the molecule is CCOC(=O)C1CCN(C(=O)[C@H](C)OC(=O)c2cc3c(s2)-c2ccccc2OC3)CC1. The van der Waals surface area contributed by atoms with Crippen LogP contribution in [0.5, 0.6) is 5.75 Å². The van der Waals surface area contributed by atoms with E-state index in [1.165, 1.54) is 11.3 Å². The maximum Gasteiger partial charge on any atom is 0.349 e. The maximum absolute atomic E-state index is 12.7. The number of carbonyl (C=O) groups is 3. The monoisotopic (exact) mass is 443 g/mol. The standard InChI is InChI=1S/C23H25NO6S/c1-3-28-22(26)15-8-10-24(11-9-15)21(25)14(2)30-23(27)19-12-16-13-29-18-7-5-4-6-17(18)20(16)31-19/h4-7,12,14-15H,3,8-11,13H2,1-2H3/t14-/m0/s1. The number of benzene rings is 1. The first-order chi connectivity index (χ1) is 15.0. The number of likely N-dealkylation sites (tertiary alicyclic amines) is 1. The number of hydrogen-bond donors (Lipinski definition) is 0. The van der Waals surface area contributed by atoms with E-state index in [1.807, 2.05) is 24.3 Å². The quantitative estimate of drug-likeness (QED) is 0.656. The number of fused-ring (bicyclic) bond motifs is 3.